The minimum Gasteiger partial charge on any atom is -0.736 e. The molecule has 0 N–H and O–H groups in total. The molecule has 0 aliphatic carbocycles. The zero-order valence-corrected chi connectivity index (χ0v) is 30.9. The van der Waals surface area contributed by atoms with Crippen molar-refractivity contribution in [1.82, 2.24) is 0 Å². The Labute approximate surface area is 326 Å². The Morgan fingerprint density at radius 1 is 0.352 bits per heavy atom. The second-order valence-corrected chi connectivity index (χ2v) is 15.0. The summed E-state index contributed by atoms with van der Waals surface area (Å²) in [6, 6.07) is 57.7. The predicted octanol–water partition coefficient (Wildman–Crippen LogP) is 12.8. The summed E-state index contributed by atoms with van der Waals surface area (Å²) in [6.45, 7) is 0. The topological polar surface area (TPSA) is 58.6 Å². The van der Waals surface area contributed by atoms with Crippen LogP contribution in [0.5, 0.6) is 11.5 Å². The van der Waals surface area contributed by atoms with Gasteiger partial charge in [-0.15, -0.1) is 0 Å². The molecular formula is C48H28AgO4P. The molecule has 0 unspecified atom stereocenters. The van der Waals surface area contributed by atoms with Gasteiger partial charge in [0, 0.05) is 33.4 Å². The van der Waals surface area contributed by atoms with Crippen LogP contribution in [-0.2, 0) is 26.9 Å². The Kier molecular flexibility index (Phi) is 7.57. The molecule has 6 heteroatoms. The first-order chi connectivity index (χ1) is 26.0. The number of hydrogen-bond acceptors (Lipinski definition) is 4. The first kappa shape index (κ1) is 32.9. The van der Waals surface area contributed by atoms with Gasteiger partial charge in [-0.1, -0.05) is 146 Å². The van der Waals surface area contributed by atoms with E-state index in [4.69, 9.17) is 9.05 Å². The molecule has 0 bridgehead atoms. The molecule has 4 nitrogen and oxygen atoms in total. The number of hydrogen-bond donors (Lipinski definition) is 0. The van der Waals surface area contributed by atoms with Crippen molar-refractivity contribution >= 4 is 72.5 Å². The molecular weight excluding hydrogens is 779 g/mol. The van der Waals surface area contributed by atoms with E-state index in [2.05, 4.69) is 84.9 Å². The van der Waals surface area contributed by atoms with Crippen LogP contribution in [-0.4, -0.2) is 0 Å². The van der Waals surface area contributed by atoms with Crippen LogP contribution in [0.4, 0.5) is 0 Å². The summed E-state index contributed by atoms with van der Waals surface area (Å²) < 4.78 is 27.1. The van der Waals surface area contributed by atoms with Crippen molar-refractivity contribution in [3.63, 3.8) is 0 Å². The van der Waals surface area contributed by atoms with Crippen LogP contribution < -0.4 is 13.9 Å². The van der Waals surface area contributed by atoms with Gasteiger partial charge in [0.15, 0.2) is 0 Å². The SMILES string of the molecule is O=P1([O-])Oc2c(-c3c4ccccc4cc4ccccc34)cc3ccccc3c2-c2c(c(-c3c4ccccc4cc4ccccc34)cc3ccccc23)O1.[Ag+]. The van der Waals surface area contributed by atoms with E-state index in [1.54, 1.807) is 0 Å². The van der Waals surface area contributed by atoms with Gasteiger partial charge in [-0.05, 0) is 88.9 Å². The first-order valence-electron chi connectivity index (χ1n) is 17.7. The Bertz CT molecular complexity index is 2920. The average molecular weight is 808 g/mol. The van der Waals surface area contributed by atoms with Crippen molar-refractivity contribution in [2.45, 2.75) is 0 Å². The molecule has 0 spiro atoms. The number of phosphoric acid groups is 1. The maximum absolute atomic E-state index is 14.5. The molecule has 0 radical (unpaired) electrons. The molecule has 0 fully saturated rings. The summed E-state index contributed by atoms with van der Waals surface area (Å²) in [6.07, 6.45) is 0. The number of phosphoric ester groups is 1. The molecule has 11 rings (SSSR count). The van der Waals surface area contributed by atoms with Crippen molar-refractivity contribution in [3.05, 3.63) is 170 Å². The van der Waals surface area contributed by atoms with Crippen molar-refractivity contribution in [1.29, 1.82) is 0 Å². The molecule has 10 aromatic rings. The fourth-order valence-electron chi connectivity index (χ4n) is 8.56. The molecule has 0 amide bonds. The van der Waals surface area contributed by atoms with E-state index < -0.39 is 7.82 Å². The van der Waals surface area contributed by atoms with Gasteiger partial charge in [0.2, 0.25) is 0 Å². The standard InChI is InChI=1S/C48H29O4P.Ag/c49-53(50)51-47-41(43-35-19-7-1-13-29(35)25-30-14-2-8-20-36(30)43)27-33-17-5-11-23-39(33)45(47)46-40-24-12-6-18-34(40)28-42(48(46)52-53)44-37-21-9-3-15-31(37)26-32-16-4-10-22-38(32)44;/h1-28H,(H,49,50);/q;+1/p-1. The van der Waals surface area contributed by atoms with Gasteiger partial charge < -0.3 is 13.9 Å². The fraction of sp³-hybridized carbons (Fsp3) is 0. The molecule has 1 aliphatic heterocycles. The van der Waals surface area contributed by atoms with E-state index >= 15 is 0 Å². The average Bonchev–Trinajstić information content (AvgIpc) is 3.32. The third-order valence-electron chi connectivity index (χ3n) is 10.7. The first-order valence-corrected chi connectivity index (χ1v) is 19.1. The molecule has 0 aromatic heterocycles. The van der Waals surface area contributed by atoms with Crippen LogP contribution in [0.3, 0.4) is 0 Å². The van der Waals surface area contributed by atoms with Crippen molar-refractivity contribution in [3.8, 4) is 44.9 Å². The summed E-state index contributed by atoms with van der Waals surface area (Å²) in [7, 11) is -5.04. The maximum atomic E-state index is 14.5. The normalized spacial score (nSPS) is 13.3. The summed E-state index contributed by atoms with van der Waals surface area (Å²) in [5.74, 6) is 0.514. The van der Waals surface area contributed by atoms with E-state index in [9.17, 15) is 9.46 Å². The summed E-state index contributed by atoms with van der Waals surface area (Å²) in [5, 5.41) is 11.9. The maximum Gasteiger partial charge on any atom is 1.00 e. The van der Waals surface area contributed by atoms with Crippen LogP contribution >= 0.6 is 7.82 Å². The zero-order valence-electron chi connectivity index (χ0n) is 28.5. The quantitative estimate of drug-likeness (QED) is 0.0992. The van der Waals surface area contributed by atoms with Gasteiger partial charge >= 0.3 is 30.2 Å². The Morgan fingerprint density at radius 3 is 0.889 bits per heavy atom. The summed E-state index contributed by atoms with van der Waals surface area (Å²) in [5.41, 5.74) is 4.55. The third-order valence-corrected chi connectivity index (χ3v) is 11.6. The minimum absolute atomic E-state index is 0. The van der Waals surface area contributed by atoms with Gasteiger partial charge in [0.1, 0.15) is 11.5 Å². The summed E-state index contributed by atoms with van der Waals surface area (Å²) >= 11 is 0. The smallest absolute Gasteiger partial charge is 0.736 e. The van der Waals surface area contributed by atoms with Crippen LogP contribution in [0.15, 0.2) is 170 Å². The minimum atomic E-state index is -5.04. The van der Waals surface area contributed by atoms with Gasteiger partial charge in [-0.25, -0.2) is 4.57 Å². The van der Waals surface area contributed by atoms with E-state index in [1.807, 2.05) is 84.9 Å². The molecule has 54 heavy (non-hydrogen) atoms. The molecule has 10 aromatic carbocycles. The molecule has 1 aliphatic rings. The summed E-state index contributed by atoms with van der Waals surface area (Å²) in [4.78, 5) is 14.5. The van der Waals surface area contributed by atoms with Crippen molar-refractivity contribution in [2.24, 2.45) is 0 Å². The van der Waals surface area contributed by atoms with Gasteiger partial charge in [0.05, 0.1) is 0 Å². The van der Waals surface area contributed by atoms with E-state index in [1.165, 1.54) is 0 Å². The second kappa shape index (κ2) is 12.4. The van der Waals surface area contributed by atoms with Crippen LogP contribution in [0.25, 0.3) is 98.0 Å². The second-order valence-electron chi connectivity index (χ2n) is 13.7. The third kappa shape index (κ3) is 4.96. The van der Waals surface area contributed by atoms with E-state index in [0.717, 1.165) is 75.8 Å². The van der Waals surface area contributed by atoms with Crippen molar-refractivity contribution in [2.75, 3.05) is 0 Å². The largest absolute Gasteiger partial charge is 1.00 e. The Balaban J connectivity index is 0.00000361. The van der Waals surface area contributed by atoms with Gasteiger partial charge in [-0.3, -0.25) is 0 Å². The monoisotopic (exact) mass is 806 g/mol. The molecule has 260 valence electrons. The molecule has 0 saturated carbocycles. The zero-order chi connectivity index (χ0) is 35.3. The Morgan fingerprint density at radius 2 is 0.593 bits per heavy atom. The van der Waals surface area contributed by atoms with Crippen LogP contribution in [0.1, 0.15) is 0 Å². The molecule has 0 saturated heterocycles. The number of fused-ring (bicyclic) bond motifs is 11. The Hall–Kier alpha value is -5.71. The van der Waals surface area contributed by atoms with Crippen LogP contribution in [0.2, 0.25) is 0 Å². The van der Waals surface area contributed by atoms with Crippen molar-refractivity contribution < 1.29 is 40.9 Å². The molecule has 0 atom stereocenters. The van der Waals surface area contributed by atoms with E-state index in [0.29, 0.717) is 22.3 Å². The van der Waals surface area contributed by atoms with Gasteiger partial charge in [0.25, 0.3) is 0 Å². The number of benzene rings is 10. The van der Waals surface area contributed by atoms with Crippen LogP contribution in [0, 0.1) is 0 Å². The molecule has 1 heterocycles. The number of rotatable bonds is 2. The van der Waals surface area contributed by atoms with E-state index in [-0.39, 0.29) is 33.9 Å². The van der Waals surface area contributed by atoms with Gasteiger partial charge in [-0.2, -0.15) is 0 Å². The predicted molar refractivity (Wildman–Crippen MR) is 217 cm³/mol. The fourth-order valence-corrected chi connectivity index (χ4v) is 9.43.